The number of rotatable bonds is 9. The Morgan fingerprint density at radius 2 is 1.82 bits per heavy atom. The van der Waals surface area contributed by atoms with Gasteiger partial charge >= 0.3 is 11.9 Å². The lowest BCUT2D eigenvalue weighted by molar-refractivity contribution is -0.146. The number of carbonyl (C=O) groups excluding carboxylic acids is 3. The summed E-state index contributed by atoms with van der Waals surface area (Å²) in [5.74, 6) is -1.70. The highest BCUT2D eigenvalue weighted by atomic mass is 35.5. The van der Waals surface area contributed by atoms with Gasteiger partial charge in [-0.05, 0) is 73.8 Å². The minimum Gasteiger partial charge on any atom is -0.467 e. The van der Waals surface area contributed by atoms with E-state index in [-0.39, 0.29) is 29.2 Å². The molecule has 0 saturated carbocycles. The van der Waals surface area contributed by atoms with Crippen LogP contribution in [-0.4, -0.2) is 46.5 Å². The molecule has 202 valence electrons. The Labute approximate surface area is 231 Å². The van der Waals surface area contributed by atoms with Gasteiger partial charge in [0.1, 0.15) is 11.6 Å². The van der Waals surface area contributed by atoms with Gasteiger partial charge in [-0.2, -0.15) is 0 Å². The molecule has 0 aliphatic rings. The monoisotopic (exact) mass is 549 g/mol. The Balaban J connectivity index is 2.04. The van der Waals surface area contributed by atoms with Gasteiger partial charge in [-0.3, -0.25) is 9.78 Å². The fraction of sp³-hybridized carbons (Fsp3) is 0.286. The van der Waals surface area contributed by atoms with E-state index in [2.05, 4.69) is 15.0 Å². The zero-order valence-corrected chi connectivity index (χ0v) is 22.8. The van der Waals surface area contributed by atoms with E-state index in [0.717, 1.165) is 0 Å². The minimum atomic E-state index is -1.05. The number of nitrogens with zero attached hydrogens (tertiary/aromatic N) is 5. The first-order valence-corrected chi connectivity index (χ1v) is 12.3. The summed E-state index contributed by atoms with van der Waals surface area (Å²) >= 11 is 6.06. The molecule has 0 bridgehead atoms. The van der Waals surface area contributed by atoms with Crippen LogP contribution in [0.4, 0.5) is 5.69 Å². The van der Waals surface area contributed by atoms with E-state index < -0.39 is 29.5 Å². The number of aromatic nitrogens is 1. The summed E-state index contributed by atoms with van der Waals surface area (Å²) in [5, 5.41) is 3.89. The quantitative estimate of drug-likeness (QED) is 0.138. The van der Waals surface area contributed by atoms with Crippen LogP contribution in [0.25, 0.3) is 10.4 Å². The minimum absolute atomic E-state index is 0.0188. The molecule has 2 aromatic carbocycles. The van der Waals surface area contributed by atoms with Gasteiger partial charge in [-0.25, -0.2) is 9.59 Å². The highest BCUT2D eigenvalue weighted by molar-refractivity contribution is 6.31. The van der Waals surface area contributed by atoms with Gasteiger partial charge in [0.25, 0.3) is 5.91 Å². The van der Waals surface area contributed by atoms with Crippen molar-refractivity contribution in [3.63, 3.8) is 0 Å². The summed E-state index contributed by atoms with van der Waals surface area (Å²) in [6.07, 6.45) is 3.32. The van der Waals surface area contributed by atoms with E-state index in [0.29, 0.717) is 16.7 Å². The fourth-order valence-corrected chi connectivity index (χ4v) is 3.94. The number of hydrogen-bond donors (Lipinski definition) is 0. The Morgan fingerprint density at radius 3 is 2.41 bits per heavy atom. The van der Waals surface area contributed by atoms with Crippen LogP contribution in [0.1, 0.15) is 52.6 Å². The van der Waals surface area contributed by atoms with Gasteiger partial charge in [0.2, 0.25) is 0 Å². The second kappa shape index (κ2) is 12.9. The number of benzene rings is 2. The van der Waals surface area contributed by atoms with Crippen molar-refractivity contribution in [1.29, 1.82) is 0 Å². The molecule has 1 amide bonds. The Hall–Kier alpha value is -4.40. The number of amides is 1. The van der Waals surface area contributed by atoms with E-state index in [1.165, 1.54) is 30.2 Å². The molecule has 0 radical (unpaired) electrons. The number of halogens is 1. The SMILES string of the molecule is COC(=O)[C@@H](Cc1cccnc1)N(Cc1ccc(C(=O)OC(C)(C)C)cc1)C(=O)c1ccc(Cl)cc1N=[N+]=[N-]. The average molecular weight is 550 g/mol. The number of methoxy groups -OCH3 is 1. The Bertz CT molecular complexity index is 1380. The van der Waals surface area contributed by atoms with Crippen LogP contribution in [0.15, 0.2) is 72.1 Å². The highest BCUT2D eigenvalue weighted by Crippen LogP contribution is 2.28. The van der Waals surface area contributed by atoms with Crippen molar-refractivity contribution in [2.45, 2.75) is 45.4 Å². The second-order valence-corrected chi connectivity index (χ2v) is 10.0. The smallest absolute Gasteiger partial charge is 0.338 e. The van der Waals surface area contributed by atoms with Crippen LogP contribution in [0, 0.1) is 0 Å². The van der Waals surface area contributed by atoms with Crippen LogP contribution in [0.3, 0.4) is 0 Å². The third-order valence-corrected chi connectivity index (χ3v) is 5.78. The Kier molecular flexibility index (Phi) is 9.65. The standard InChI is InChI=1S/C28H28ClN5O5/c1-28(2,3)39-26(36)20-9-7-18(8-10-20)17-34(24(27(37)38-4)14-19-6-5-13-31-16-19)25(35)22-12-11-21(29)15-23(22)32-33-30/h5-13,15-16,24H,14,17H2,1-4H3/t24-/m1/s1. The third-order valence-electron chi connectivity index (χ3n) is 5.55. The van der Waals surface area contributed by atoms with Crippen LogP contribution >= 0.6 is 11.6 Å². The first kappa shape index (κ1) is 29.2. The van der Waals surface area contributed by atoms with E-state index in [1.54, 1.807) is 69.6 Å². The lowest BCUT2D eigenvalue weighted by Crippen LogP contribution is -2.46. The molecule has 1 atom stereocenters. The normalized spacial score (nSPS) is 11.6. The zero-order valence-electron chi connectivity index (χ0n) is 22.0. The molecule has 11 heteroatoms. The lowest BCUT2D eigenvalue weighted by atomic mass is 10.0. The molecule has 3 aromatic rings. The molecule has 10 nitrogen and oxygen atoms in total. The first-order valence-electron chi connectivity index (χ1n) is 12.0. The van der Waals surface area contributed by atoms with Crippen molar-refractivity contribution in [3.8, 4) is 0 Å². The third kappa shape index (κ3) is 8.04. The van der Waals surface area contributed by atoms with E-state index in [4.69, 9.17) is 26.6 Å². The predicted molar refractivity (Wildman–Crippen MR) is 145 cm³/mol. The topological polar surface area (TPSA) is 135 Å². The van der Waals surface area contributed by atoms with Crippen molar-refractivity contribution in [2.24, 2.45) is 5.11 Å². The summed E-state index contributed by atoms with van der Waals surface area (Å²) < 4.78 is 10.5. The van der Waals surface area contributed by atoms with Crippen molar-refractivity contribution in [1.82, 2.24) is 9.88 Å². The predicted octanol–water partition coefficient (Wildman–Crippen LogP) is 6.06. The summed E-state index contributed by atoms with van der Waals surface area (Å²) in [5.41, 5.74) is 10.1. The number of ether oxygens (including phenoxy) is 2. The maximum Gasteiger partial charge on any atom is 0.338 e. The van der Waals surface area contributed by atoms with Crippen molar-refractivity contribution in [2.75, 3.05) is 7.11 Å². The first-order chi connectivity index (χ1) is 18.5. The molecule has 0 aliphatic heterocycles. The van der Waals surface area contributed by atoms with E-state index in [9.17, 15) is 14.4 Å². The molecule has 0 unspecified atom stereocenters. The lowest BCUT2D eigenvalue weighted by Gasteiger charge is -2.31. The van der Waals surface area contributed by atoms with Crippen LogP contribution in [-0.2, 0) is 27.2 Å². The molecule has 1 heterocycles. The molecule has 0 fully saturated rings. The maximum absolute atomic E-state index is 13.9. The van der Waals surface area contributed by atoms with Gasteiger partial charge in [-0.1, -0.05) is 34.9 Å². The van der Waals surface area contributed by atoms with Gasteiger partial charge < -0.3 is 14.4 Å². The highest BCUT2D eigenvalue weighted by Gasteiger charge is 2.33. The van der Waals surface area contributed by atoms with Gasteiger partial charge in [0, 0.05) is 40.9 Å². The van der Waals surface area contributed by atoms with Crippen molar-refractivity contribution < 1.29 is 23.9 Å². The van der Waals surface area contributed by atoms with Crippen LogP contribution in [0.2, 0.25) is 5.02 Å². The van der Waals surface area contributed by atoms with E-state index >= 15 is 0 Å². The van der Waals surface area contributed by atoms with Crippen LogP contribution < -0.4 is 0 Å². The molecule has 0 aliphatic carbocycles. The summed E-state index contributed by atoms with van der Waals surface area (Å²) in [6, 6.07) is 13.3. The average Bonchev–Trinajstić information content (AvgIpc) is 2.90. The Morgan fingerprint density at radius 1 is 1.10 bits per heavy atom. The summed E-state index contributed by atoms with van der Waals surface area (Å²) in [7, 11) is 1.24. The summed E-state index contributed by atoms with van der Waals surface area (Å²) in [6.45, 7) is 5.31. The molecule has 39 heavy (non-hydrogen) atoms. The summed E-state index contributed by atoms with van der Waals surface area (Å²) in [4.78, 5) is 47.6. The number of pyridine rings is 1. The largest absolute Gasteiger partial charge is 0.467 e. The molecule has 3 rings (SSSR count). The maximum atomic E-state index is 13.9. The van der Waals surface area contributed by atoms with Gasteiger partial charge in [0.05, 0.1) is 18.4 Å². The molecule has 1 aromatic heterocycles. The van der Waals surface area contributed by atoms with Crippen molar-refractivity contribution in [3.05, 3.63) is 105 Å². The number of hydrogen-bond acceptors (Lipinski definition) is 7. The van der Waals surface area contributed by atoms with Gasteiger partial charge in [0.15, 0.2) is 0 Å². The molecular formula is C28H28ClN5O5. The zero-order chi connectivity index (χ0) is 28.6. The van der Waals surface area contributed by atoms with Crippen LogP contribution in [0.5, 0.6) is 0 Å². The molecular weight excluding hydrogens is 522 g/mol. The van der Waals surface area contributed by atoms with E-state index in [1.807, 2.05) is 0 Å². The number of esters is 2. The molecule has 0 saturated heterocycles. The molecule has 0 spiro atoms. The van der Waals surface area contributed by atoms with Crippen molar-refractivity contribution >= 4 is 35.1 Å². The molecule has 0 N–H and O–H groups in total. The van der Waals surface area contributed by atoms with Gasteiger partial charge in [-0.15, -0.1) is 0 Å². The number of azide groups is 1. The number of carbonyl (C=O) groups is 3. The fourth-order valence-electron chi connectivity index (χ4n) is 3.77. The second-order valence-electron chi connectivity index (χ2n) is 9.59.